The van der Waals surface area contributed by atoms with Crippen LogP contribution in [0.3, 0.4) is 0 Å². The number of carboxylic acid groups (broad SMARTS) is 1. The molecule has 2 amide bonds. The lowest BCUT2D eigenvalue weighted by molar-refractivity contribution is -0.142. The lowest BCUT2D eigenvalue weighted by atomic mass is 10.1. The number of hydrogen-bond acceptors (Lipinski definition) is 5. The summed E-state index contributed by atoms with van der Waals surface area (Å²) in [7, 11) is 1.22. The van der Waals surface area contributed by atoms with Gasteiger partial charge >= 0.3 is 18.0 Å². The zero-order valence-electron chi connectivity index (χ0n) is 11.4. The fourth-order valence-electron chi connectivity index (χ4n) is 1.81. The van der Waals surface area contributed by atoms with Gasteiger partial charge in [0.15, 0.2) is 0 Å². The van der Waals surface area contributed by atoms with Crippen molar-refractivity contribution in [2.24, 2.45) is 5.92 Å². The number of rotatable bonds is 7. The predicted molar refractivity (Wildman–Crippen MR) is 68.1 cm³/mol. The lowest BCUT2D eigenvalue weighted by Gasteiger charge is -2.15. The van der Waals surface area contributed by atoms with Crippen LogP contribution in [0.1, 0.15) is 19.3 Å². The number of nitrogens with one attached hydrogen (secondary N) is 2. The number of hydrogen-bond donors (Lipinski definition) is 3. The Hall–Kier alpha value is -1.83. The zero-order chi connectivity index (χ0) is 15.0. The Balaban J connectivity index is 2.30. The standard InChI is InChI=1S/C12H20N2O6/c1-19-10(15)3-2-9(11(16)17)14-12(18)13-6-8-4-5-20-7-8/h8-9H,2-7H2,1H3,(H,16,17)(H2,13,14,18)/t8?,9-/m0/s1. The Labute approximate surface area is 116 Å². The second-order valence-corrected chi connectivity index (χ2v) is 4.59. The van der Waals surface area contributed by atoms with Crippen LogP contribution in [0, 0.1) is 5.92 Å². The van der Waals surface area contributed by atoms with Crippen LogP contribution in [-0.4, -0.2) is 56.0 Å². The molecule has 8 nitrogen and oxygen atoms in total. The summed E-state index contributed by atoms with van der Waals surface area (Å²) in [4.78, 5) is 33.5. The van der Waals surface area contributed by atoms with Crippen LogP contribution in [0.25, 0.3) is 0 Å². The largest absolute Gasteiger partial charge is 0.480 e. The van der Waals surface area contributed by atoms with Gasteiger partial charge in [0.25, 0.3) is 0 Å². The molecule has 8 heteroatoms. The molecule has 1 saturated heterocycles. The minimum absolute atomic E-state index is 0.0119. The van der Waals surface area contributed by atoms with Crippen molar-refractivity contribution in [3.05, 3.63) is 0 Å². The molecule has 0 aromatic rings. The monoisotopic (exact) mass is 288 g/mol. The topological polar surface area (TPSA) is 114 Å². The molecule has 0 radical (unpaired) electrons. The molecule has 0 spiro atoms. The van der Waals surface area contributed by atoms with Gasteiger partial charge in [-0.1, -0.05) is 0 Å². The summed E-state index contributed by atoms with van der Waals surface area (Å²) >= 11 is 0. The molecule has 1 heterocycles. The number of amides is 2. The van der Waals surface area contributed by atoms with Crippen LogP contribution in [0.15, 0.2) is 0 Å². The van der Waals surface area contributed by atoms with E-state index in [9.17, 15) is 14.4 Å². The Morgan fingerprint density at radius 3 is 2.75 bits per heavy atom. The number of carboxylic acids is 1. The van der Waals surface area contributed by atoms with Gasteiger partial charge in [-0.15, -0.1) is 0 Å². The maximum absolute atomic E-state index is 11.6. The summed E-state index contributed by atoms with van der Waals surface area (Å²) in [6, 6.07) is -1.68. The average Bonchev–Trinajstić information content (AvgIpc) is 2.93. The van der Waals surface area contributed by atoms with Gasteiger partial charge < -0.3 is 25.2 Å². The van der Waals surface area contributed by atoms with Gasteiger partial charge in [0.1, 0.15) is 6.04 Å². The molecule has 114 valence electrons. The summed E-state index contributed by atoms with van der Waals surface area (Å²) in [6.07, 6.45) is 0.803. The summed E-state index contributed by atoms with van der Waals surface area (Å²) in [5.41, 5.74) is 0. The average molecular weight is 288 g/mol. The van der Waals surface area contributed by atoms with Gasteiger partial charge in [-0.05, 0) is 12.8 Å². The van der Waals surface area contributed by atoms with E-state index in [2.05, 4.69) is 15.4 Å². The fraction of sp³-hybridized carbons (Fsp3) is 0.750. The molecule has 0 saturated carbocycles. The molecule has 3 N–H and O–H groups in total. The molecular formula is C12H20N2O6. The second kappa shape index (κ2) is 8.36. The number of urea groups is 1. The van der Waals surface area contributed by atoms with E-state index in [1.54, 1.807) is 0 Å². The van der Waals surface area contributed by atoms with Crippen LogP contribution in [0.4, 0.5) is 4.79 Å². The summed E-state index contributed by atoms with van der Waals surface area (Å²) in [5.74, 6) is -1.44. The molecule has 0 aromatic heterocycles. The van der Waals surface area contributed by atoms with E-state index in [0.717, 1.165) is 6.42 Å². The van der Waals surface area contributed by atoms with E-state index in [1.165, 1.54) is 7.11 Å². The van der Waals surface area contributed by atoms with Gasteiger partial charge in [-0.3, -0.25) is 4.79 Å². The molecule has 0 aliphatic carbocycles. The molecule has 1 aliphatic rings. The Morgan fingerprint density at radius 1 is 1.45 bits per heavy atom. The third-order valence-corrected chi connectivity index (χ3v) is 3.04. The van der Waals surface area contributed by atoms with Crippen molar-refractivity contribution in [3.8, 4) is 0 Å². The first-order chi connectivity index (χ1) is 9.52. The van der Waals surface area contributed by atoms with Gasteiger partial charge in [0, 0.05) is 25.5 Å². The summed E-state index contributed by atoms with van der Waals surface area (Å²) in [5, 5.41) is 13.9. The van der Waals surface area contributed by atoms with Crippen LogP contribution >= 0.6 is 0 Å². The zero-order valence-corrected chi connectivity index (χ0v) is 11.4. The molecule has 1 fully saturated rings. The Kier molecular flexibility index (Phi) is 6.78. The van der Waals surface area contributed by atoms with Crippen molar-refractivity contribution in [2.75, 3.05) is 26.9 Å². The van der Waals surface area contributed by atoms with Crippen molar-refractivity contribution in [2.45, 2.75) is 25.3 Å². The quantitative estimate of drug-likeness (QED) is 0.556. The number of carbonyl (C=O) groups is 3. The van der Waals surface area contributed by atoms with Crippen molar-refractivity contribution in [3.63, 3.8) is 0 Å². The molecule has 0 aromatic carbocycles. The predicted octanol–water partition coefficient (Wildman–Crippen LogP) is -0.271. The third-order valence-electron chi connectivity index (χ3n) is 3.04. The van der Waals surface area contributed by atoms with E-state index in [4.69, 9.17) is 9.84 Å². The van der Waals surface area contributed by atoms with Crippen LogP contribution < -0.4 is 10.6 Å². The number of methoxy groups -OCH3 is 1. The van der Waals surface area contributed by atoms with E-state index in [1.807, 2.05) is 0 Å². The number of aliphatic carboxylic acids is 1. The Morgan fingerprint density at radius 2 is 2.20 bits per heavy atom. The molecule has 20 heavy (non-hydrogen) atoms. The molecule has 1 aliphatic heterocycles. The first-order valence-electron chi connectivity index (χ1n) is 6.44. The van der Waals surface area contributed by atoms with Gasteiger partial charge in [0.05, 0.1) is 13.7 Å². The molecule has 0 bridgehead atoms. The van der Waals surface area contributed by atoms with Crippen LogP contribution in [-0.2, 0) is 19.1 Å². The van der Waals surface area contributed by atoms with E-state index in [-0.39, 0.29) is 18.8 Å². The number of ether oxygens (including phenoxy) is 2. The first-order valence-corrected chi connectivity index (χ1v) is 6.44. The number of esters is 1. The molecular weight excluding hydrogens is 268 g/mol. The van der Waals surface area contributed by atoms with E-state index >= 15 is 0 Å². The highest BCUT2D eigenvalue weighted by molar-refractivity contribution is 5.83. The van der Waals surface area contributed by atoms with Gasteiger partial charge in [-0.2, -0.15) is 0 Å². The summed E-state index contributed by atoms with van der Waals surface area (Å²) < 4.78 is 9.60. The smallest absolute Gasteiger partial charge is 0.326 e. The maximum atomic E-state index is 11.6. The molecule has 1 unspecified atom stereocenters. The lowest BCUT2D eigenvalue weighted by Crippen LogP contribution is -2.47. The fourth-order valence-corrected chi connectivity index (χ4v) is 1.81. The molecule has 2 atom stereocenters. The summed E-state index contributed by atoms with van der Waals surface area (Å²) in [6.45, 7) is 1.73. The minimum Gasteiger partial charge on any atom is -0.480 e. The maximum Gasteiger partial charge on any atom is 0.326 e. The van der Waals surface area contributed by atoms with E-state index < -0.39 is 24.0 Å². The van der Waals surface area contributed by atoms with Crippen molar-refractivity contribution >= 4 is 18.0 Å². The normalized spacial score (nSPS) is 19.1. The van der Waals surface area contributed by atoms with Crippen molar-refractivity contribution < 1.29 is 29.0 Å². The highest BCUT2D eigenvalue weighted by Gasteiger charge is 2.22. The van der Waals surface area contributed by atoms with Crippen LogP contribution in [0.2, 0.25) is 0 Å². The van der Waals surface area contributed by atoms with Crippen molar-refractivity contribution in [1.82, 2.24) is 10.6 Å². The third kappa shape index (κ3) is 5.87. The first kappa shape index (κ1) is 16.2. The highest BCUT2D eigenvalue weighted by Crippen LogP contribution is 2.10. The minimum atomic E-state index is -1.19. The second-order valence-electron chi connectivity index (χ2n) is 4.59. The molecule has 1 rings (SSSR count). The van der Waals surface area contributed by atoms with Gasteiger partial charge in [0.2, 0.25) is 0 Å². The SMILES string of the molecule is COC(=O)CC[C@H](NC(=O)NCC1CCOC1)C(=O)O. The van der Waals surface area contributed by atoms with Gasteiger partial charge in [-0.25, -0.2) is 9.59 Å². The van der Waals surface area contributed by atoms with Crippen molar-refractivity contribution in [1.29, 1.82) is 0 Å². The van der Waals surface area contributed by atoms with Crippen LogP contribution in [0.5, 0.6) is 0 Å². The van der Waals surface area contributed by atoms with E-state index in [0.29, 0.717) is 19.8 Å². The number of carbonyl (C=O) groups excluding carboxylic acids is 2. The highest BCUT2D eigenvalue weighted by atomic mass is 16.5. The Bertz CT molecular complexity index is 354.